The Hall–Kier alpha value is -0.570. The molecule has 0 fully saturated rings. The van der Waals surface area contributed by atoms with Crippen LogP contribution in [0, 0.1) is 5.41 Å². The fourth-order valence-corrected chi connectivity index (χ4v) is 1.01. The number of rotatable bonds is 6. The van der Waals surface area contributed by atoms with E-state index in [-0.39, 0.29) is 5.97 Å². The Morgan fingerprint density at radius 1 is 1.29 bits per heavy atom. The third-order valence-electron chi connectivity index (χ3n) is 1.86. The number of nitrogens with one attached hydrogen (secondary N) is 1. The van der Waals surface area contributed by atoms with Gasteiger partial charge in [-0.2, -0.15) is 0 Å². The van der Waals surface area contributed by atoms with Gasteiger partial charge in [-0.1, -0.05) is 20.8 Å². The van der Waals surface area contributed by atoms with Gasteiger partial charge in [0.1, 0.15) is 0 Å². The van der Waals surface area contributed by atoms with Gasteiger partial charge >= 0.3 is 5.97 Å². The minimum atomic E-state index is -0.115. The SMILES string of the molecule is CCOC(=O)CCNCCC(C)(C)C. The summed E-state index contributed by atoms with van der Waals surface area (Å²) in [6, 6.07) is 0. The van der Waals surface area contributed by atoms with Crippen LogP contribution >= 0.6 is 0 Å². The quantitative estimate of drug-likeness (QED) is 0.527. The standard InChI is InChI=1S/C11H23NO2/c1-5-14-10(13)6-8-12-9-7-11(2,3)4/h12H,5-9H2,1-4H3. The highest BCUT2D eigenvalue weighted by Crippen LogP contribution is 2.16. The van der Waals surface area contributed by atoms with E-state index >= 15 is 0 Å². The topological polar surface area (TPSA) is 38.3 Å². The van der Waals surface area contributed by atoms with Gasteiger partial charge in [-0.05, 0) is 25.3 Å². The second kappa shape index (κ2) is 6.82. The van der Waals surface area contributed by atoms with Crippen LogP contribution in [0.25, 0.3) is 0 Å². The van der Waals surface area contributed by atoms with E-state index in [2.05, 4.69) is 26.1 Å². The summed E-state index contributed by atoms with van der Waals surface area (Å²) in [7, 11) is 0. The zero-order valence-corrected chi connectivity index (χ0v) is 9.85. The van der Waals surface area contributed by atoms with Crippen molar-refractivity contribution in [3.63, 3.8) is 0 Å². The molecule has 0 aliphatic carbocycles. The van der Waals surface area contributed by atoms with Crippen LogP contribution in [0.4, 0.5) is 0 Å². The van der Waals surface area contributed by atoms with Crippen molar-refractivity contribution >= 4 is 5.97 Å². The van der Waals surface area contributed by atoms with Gasteiger partial charge in [0.05, 0.1) is 13.0 Å². The van der Waals surface area contributed by atoms with E-state index in [0.717, 1.165) is 19.5 Å². The van der Waals surface area contributed by atoms with Gasteiger partial charge in [0.25, 0.3) is 0 Å². The molecule has 0 heterocycles. The van der Waals surface area contributed by atoms with Crippen molar-refractivity contribution in [1.29, 1.82) is 0 Å². The molecular weight excluding hydrogens is 178 g/mol. The summed E-state index contributed by atoms with van der Waals surface area (Å²) < 4.78 is 4.81. The van der Waals surface area contributed by atoms with E-state index in [4.69, 9.17) is 4.74 Å². The number of carbonyl (C=O) groups is 1. The molecule has 0 bridgehead atoms. The number of esters is 1. The molecule has 0 aromatic rings. The highest BCUT2D eigenvalue weighted by Gasteiger charge is 2.08. The Morgan fingerprint density at radius 3 is 2.43 bits per heavy atom. The van der Waals surface area contributed by atoms with Crippen LogP contribution in [0.2, 0.25) is 0 Å². The zero-order chi connectivity index (χ0) is 11.0. The van der Waals surface area contributed by atoms with Gasteiger partial charge in [0.15, 0.2) is 0 Å². The predicted octanol–water partition coefficient (Wildman–Crippen LogP) is 1.97. The molecule has 0 aromatic heterocycles. The average molecular weight is 201 g/mol. The summed E-state index contributed by atoms with van der Waals surface area (Å²) in [6.45, 7) is 10.6. The maximum absolute atomic E-state index is 10.9. The van der Waals surface area contributed by atoms with Crippen LogP contribution in [0.3, 0.4) is 0 Å². The summed E-state index contributed by atoms with van der Waals surface area (Å²) in [5, 5.41) is 3.23. The number of hydrogen-bond acceptors (Lipinski definition) is 3. The first kappa shape index (κ1) is 13.4. The van der Waals surface area contributed by atoms with E-state index in [1.54, 1.807) is 0 Å². The molecule has 0 saturated heterocycles. The molecule has 0 unspecified atom stereocenters. The molecule has 84 valence electrons. The third-order valence-corrected chi connectivity index (χ3v) is 1.86. The third kappa shape index (κ3) is 9.52. The summed E-state index contributed by atoms with van der Waals surface area (Å²) in [6.07, 6.45) is 1.59. The summed E-state index contributed by atoms with van der Waals surface area (Å²) in [5.41, 5.74) is 0.358. The lowest BCUT2D eigenvalue weighted by molar-refractivity contribution is -0.142. The highest BCUT2D eigenvalue weighted by atomic mass is 16.5. The van der Waals surface area contributed by atoms with E-state index in [9.17, 15) is 4.79 Å². The summed E-state index contributed by atoms with van der Waals surface area (Å²) in [5.74, 6) is -0.115. The maximum Gasteiger partial charge on any atom is 0.307 e. The molecule has 0 amide bonds. The van der Waals surface area contributed by atoms with Crippen molar-refractivity contribution in [3.8, 4) is 0 Å². The van der Waals surface area contributed by atoms with Gasteiger partial charge in [-0.15, -0.1) is 0 Å². The van der Waals surface area contributed by atoms with Crippen LogP contribution in [0.5, 0.6) is 0 Å². The van der Waals surface area contributed by atoms with E-state index in [1.165, 1.54) is 0 Å². The number of hydrogen-bond donors (Lipinski definition) is 1. The van der Waals surface area contributed by atoms with Crippen molar-refractivity contribution in [2.24, 2.45) is 5.41 Å². The smallest absolute Gasteiger partial charge is 0.307 e. The Kier molecular flexibility index (Phi) is 6.54. The molecule has 0 radical (unpaired) electrons. The van der Waals surface area contributed by atoms with Crippen LogP contribution in [0.1, 0.15) is 40.5 Å². The molecule has 0 aliphatic rings. The fourth-order valence-electron chi connectivity index (χ4n) is 1.01. The van der Waals surface area contributed by atoms with Gasteiger partial charge in [0.2, 0.25) is 0 Å². The Balaban J connectivity index is 3.26. The van der Waals surface area contributed by atoms with Crippen molar-refractivity contribution in [3.05, 3.63) is 0 Å². The van der Waals surface area contributed by atoms with E-state index in [0.29, 0.717) is 18.4 Å². The molecule has 1 N–H and O–H groups in total. The highest BCUT2D eigenvalue weighted by molar-refractivity contribution is 5.69. The van der Waals surface area contributed by atoms with Crippen LogP contribution in [-0.4, -0.2) is 25.7 Å². The molecule has 3 heteroatoms. The van der Waals surface area contributed by atoms with Crippen molar-refractivity contribution in [1.82, 2.24) is 5.32 Å². The van der Waals surface area contributed by atoms with Gasteiger partial charge < -0.3 is 10.1 Å². The molecule has 14 heavy (non-hydrogen) atoms. The molecule has 0 spiro atoms. The largest absolute Gasteiger partial charge is 0.466 e. The molecule has 0 saturated carbocycles. The summed E-state index contributed by atoms with van der Waals surface area (Å²) in [4.78, 5) is 10.9. The van der Waals surface area contributed by atoms with Gasteiger partial charge in [0, 0.05) is 6.54 Å². The summed E-state index contributed by atoms with van der Waals surface area (Å²) >= 11 is 0. The average Bonchev–Trinajstić information content (AvgIpc) is 2.02. The lowest BCUT2D eigenvalue weighted by Gasteiger charge is -2.17. The first-order chi connectivity index (χ1) is 6.45. The first-order valence-corrected chi connectivity index (χ1v) is 5.32. The molecule has 0 atom stereocenters. The first-order valence-electron chi connectivity index (χ1n) is 5.32. The Morgan fingerprint density at radius 2 is 1.93 bits per heavy atom. The molecular formula is C11H23NO2. The van der Waals surface area contributed by atoms with Crippen LogP contribution in [0.15, 0.2) is 0 Å². The minimum absolute atomic E-state index is 0.115. The normalized spacial score (nSPS) is 11.4. The van der Waals surface area contributed by atoms with Crippen LogP contribution < -0.4 is 5.32 Å². The predicted molar refractivity (Wildman–Crippen MR) is 58.2 cm³/mol. The Labute approximate surface area is 87.2 Å². The second-order valence-electron chi connectivity index (χ2n) is 4.62. The lowest BCUT2D eigenvalue weighted by Crippen LogP contribution is -2.23. The van der Waals surface area contributed by atoms with Crippen molar-refractivity contribution < 1.29 is 9.53 Å². The number of carbonyl (C=O) groups excluding carboxylic acids is 1. The molecule has 0 aliphatic heterocycles. The fraction of sp³-hybridized carbons (Fsp3) is 0.909. The maximum atomic E-state index is 10.9. The van der Waals surface area contributed by atoms with Gasteiger partial charge in [-0.25, -0.2) is 0 Å². The van der Waals surface area contributed by atoms with Crippen molar-refractivity contribution in [2.45, 2.75) is 40.5 Å². The molecule has 3 nitrogen and oxygen atoms in total. The zero-order valence-electron chi connectivity index (χ0n) is 9.85. The van der Waals surface area contributed by atoms with E-state index in [1.807, 2.05) is 6.92 Å². The minimum Gasteiger partial charge on any atom is -0.466 e. The van der Waals surface area contributed by atoms with E-state index < -0.39 is 0 Å². The number of ether oxygens (including phenoxy) is 1. The lowest BCUT2D eigenvalue weighted by atomic mass is 9.92. The monoisotopic (exact) mass is 201 g/mol. The Bertz CT molecular complexity index is 161. The van der Waals surface area contributed by atoms with Gasteiger partial charge in [-0.3, -0.25) is 4.79 Å². The molecule has 0 rings (SSSR count). The van der Waals surface area contributed by atoms with Crippen molar-refractivity contribution in [2.75, 3.05) is 19.7 Å². The van der Waals surface area contributed by atoms with Crippen LogP contribution in [-0.2, 0) is 9.53 Å². The second-order valence-corrected chi connectivity index (χ2v) is 4.62. The molecule has 0 aromatic carbocycles.